The Hall–Kier alpha value is 0.0500. The average Bonchev–Trinajstić information content (AvgIpc) is 2.43. The molecular formula is C14H20Br2N2O2S. The molecule has 2 atom stereocenters. The van der Waals surface area contributed by atoms with Gasteiger partial charge in [-0.25, -0.2) is 8.42 Å². The first kappa shape index (κ1) is 17.4. The molecule has 0 saturated carbocycles. The van der Waals surface area contributed by atoms with Crippen molar-refractivity contribution in [2.24, 2.45) is 11.7 Å². The first-order valence-electron chi connectivity index (χ1n) is 6.95. The summed E-state index contributed by atoms with van der Waals surface area (Å²) in [5.74, 6) is 0.239. The zero-order chi connectivity index (χ0) is 15.8. The van der Waals surface area contributed by atoms with Gasteiger partial charge in [-0.2, -0.15) is 4.31 Å². The van der Waals surface area contributed by atoms with E-state index in [9.17, 15) is 8.42 Å². The molecule has 1 aliphatic rings. The van der Waals surface area contributed by atoms with E-state index in [1.54, 1.807) is 10.4 Å². The molecular weight excluding hydrogens is 420 g/mol. The van der Waals surface area contributed by atoms with Crippen LogP contribution < -0.4 is 5.73 Å². The van der Waals surface area contributed by atoms with Crippen molar-refractivity contribution in [1.82, 2.24) is 4.31 Å². The minimum Gasteiger partial charge on any atom is -0.330 e. The van der Waals surface area contributed by atoms with Gasteiger partial charge in [0.05, 0.1) is 4.90 Å². The van der Waals surface area contributed by atoms with E-state index in [0.717, 1.165) is 22.9 Å². The van der Waals surface area contributed by atoms with Crippen molar-refractivity contribution < 1.29 is 8.42 Å². The van der Waals surface area contributed by atoms with Gasteiger partial charge in [-0.3, -0.25) is 0 Å². The summed E-state index contributed by atoms with van der Waals surface area (Å²) in [6.07, 6.45) is 1.84. The second-order valence-electron chi connectivity index (χ2n) is 5.63. The summed E-state index contributed by atoms with van der Waals surface area (Å²) in [4.78, 5) is 0.310. The first-order valence-corrected chi connectivity index (χ1v) is 9.97. The first-order chi connectivity index (χ1) is 9.77. The zero-order valence-corrected chi connectivity index (χ0v) is 16.1. The van der Waals surface area contributed by atoms with Crippen LogP contribution >= 0.6 is 31.9 Å². The summed E-state index contributed by atoms with van der Waals surface area (Å²) in [7, 11) is -3.52. The second-order valence-corrected chi connectivity index (χ2v) is 9.20. The number of benzene rings is 1. The zero-order valence-electron chi connectivity index (χ0n) is 12.1. The van der Waals surface area contributed by atoms with Crippen LogP contribution in [-0.4, -0.2) is 31.9 Å². The summed E-state index contributed by atoms with van der Waals surface area (Å²) >= 11 is 6.80. The second kappa shape index (κ2) is 6.66. The third kappa shape index (κ3) is 3.52. The molecule has 118 valence electrons. The summed E-state index contributed by atoms with van der Waals surface area (Å²) in [5, 5.41) is 0. The van der Waals surface area contributed by atoms with Crippen LogP contribution in [0.25, 0.3) is 0 Å². The standard InChI is InChI=1S/C14H20Br2N2O2S/c1-9-5-13(16)14(6-12(9)15)21(19,20)18-8-11(7-17)4-3-10(18)2/h5-6,10-11H,3-4,7-8,17H2,1-2H3. The van der Waals surface area contributed by atoms with Crippen molar-refractivity contribution in [1.29, 1.82) is 0 Å². The SMILES string of the molecule is Cc1cc(Br)c(S(=O)(=O)N2CC(CN)CCC2C)cc1Br. The molecule has 1 saturated heterocycles. The highest BCUT2D eigenvalue weighted by atomic mass is 79.9. The molecule has 1 fully saturated rings. The summed E-state index contributed by atoms with van der Waals surface area (Å²) in [6.45, 7) is 4.91. The van der Waals surface area contributed by atoms with Gasteiger partial charge in [0.2, 0.25) is 10.0 Å². The van der Waals surface area contributed by atoms with Crippen LogP contribution in [0.1, 0.15) is 25.3 Å². The third-order valence-electron chi connectivity index (χ3n) is 4.06. The number of rotatable bonds is 3. The maximum absolute atomic E-state index is 13.0. The highest BCUT2D eigenvalue weighted by Gasteiger charge is 2.35. The van der Waals surface area contributed by atoms with E-state index < -0.39 is 10.0 Å². The van der Waals surface area contributed by atoms with Gasteiger partial charge in [0.1, 0.15) is 0 Å². The molecule has 2 N–H and O–H groups in total. The Bertz CT molecular complexity index is 634. The minimum atomic E-state index is -3.52. The largest absolute Gasteiger partial charge is 0.330 e. The highest BCUT2D eigenvalue weighted by molar-refractivity contribution is 9.11. The fourth-order valence-corrected chi connectivity index (χ4v) is 6.00. The number of piperidine rings is 1. The normalized spacial score (nSPS) is 24.2. The predicted octanol–water partition coefficient (Wildman–Crippen LogP) is 3.27. The molecule has 1 aliphatic heterocycles. The maximum atomic E-state index is 13.0. The van der Waals surface area contributed by atoms with Gasteiger partial charge in [0, 0.05) is 21.5 Å². The fraction of sp³-hybridized carbons (Fsp3) is 0.571. The van der Waals surface area contributed by atoms with E-state index in [1.165, 1.54) is 0 Å². The van der Waals surface area contributed by atoms with Crippen LogP contribution in [-0.2, 0) is 10.0 Å². The van der Waals surface area contributed by atoms with E-state index in [-0.39, 0.29) is 12.0 Å². The van der Waals surface area contributed by atoms with Crippen molar-refractivity contribution in [3.05, 3.63) is 26.6 Å². The van der Waals surface area contributed by atoms with Gasteiger partial charge in [-0.1, -0.05) is 15.9 Å². The van der Waals surface area contributed by atoms with Gasteiger partial charge < -0.3 is 5.73 Å². The van der Waals surface area contributed by atoms with Crippen LogP contribution in [0.2, 0.25) is 0 Å². The number of halogens is 2. The molecule has 7 heteroatoms. The molecule has 2 unspecified atom stereocenters. The van der Waals surface area contributed by atoms with Gasteiger partial charge in [-0.05, 0) is 72.8 Å². The molecule has 2 rings (SSSR count). The maximum Gasteiger partial charge on any atom is 0.244 e. The molecule has 0 radical (unpaired) electrons. The molecule has 0 aromatic heterocycles. The lowest BCUT2D eigenvalue weighted by Gasteiger charge is -2.36. The van der Waals surface area contributed by atoms with Crippen LogP contribution in [0.3, 0.4) is 0 Å². The minimum absolute atomic E-state index is 0.00442. The third-order valence-corrected chi connectivity index (χ3v) is 7.85. The van der Waals surface area contributed by atoms with Crippen LogP contribution in [0.15, 0.2) is 26.0 Å². The quantitative estimate of drug-likeness (QED) is 0.785. The molecule has 1 aromatic carbocycles. The van der Waals surface area contributed by atoms with E-state index in [4.69, 9.17) is 5.73 Å². The number of aryl methyl sites for hydroxylation is 1. The number of sulfonamides is 1. The molecule has 4 nitrogen and oxygen atoms in total. The Balaban J connectivity index is 2.43. The summed E-state index contributed by atoms with van der Waals surface area (Å²) in [6, 6.07) is 3.50. The lowest BCUT2D eigenvalue weighted by Crippen LogP contribution is -2.47. The smallest absolute Gasteiger partial charge is 0.244 e. The van der Waals surface area contributed by atoms with Crippen LogP contribution in [0, 0.1) is 12.8 Å². The van der Waals surface area contributed by atoms with Crippen molar-refractivity contribution in [2.45, 2.75) is 37.6 Å². The predicted molar refractivity (Wildman–Crippen MR) is 91.7 cm³/mol. The topological polar surface area (TPSA) is 63.4 Å². The van der Waals surface area contributed by atoms with Gasteiger partial charge >= 0.3 is 0 Å². The van der Waals surface area contributed by atoms with Crippen molar-refractivity contribution >= 4 is 41.9 Å². The molecule has 21 heavy (non-hydrogen) atoms. The van der Waals surface area contributed by atoms with Crippen molar-refractivity contribution in [2.75, 3.05) is 13.1 Å². The Morgan fingerprint density at radius 1 is 1.29 bits per heavy atom. The number of hydrogen-bond donors (Lipinski definition) is 1. The monoisotopic (exact) mass is 438 g/mol. The molecule has 0 amide bonds. The van der Waals surface area contributed by atoms with Crippen molar-refractivity contribution in [3.63, 3.8) is 0 Å². The van der Waals surface area contributed by atoms with E-state index in [2.05, 4.69) is 31.9 Å². The van der Waals surface area contributed by atoms with Gasteiger partial charge in [0.25, 0.3) is 0 Å². The van der Waals surface area contributed by atoms with Crippen molar-refractivity contribution in [3.8, 4) is 0 Å². The lowest BCUT2D eigenvalue weighted by atomic mass is 9.96. The molecule has 0 bridgehead atoms. The van der Waals surface area contributed by atoms with Gasteiger partial charge in [-0.15, -0.1) is 0 Å². The number of nitrogens with zero attached hydrogens (tertiary/aromatic N) is 1. The van der Waals surface area contributed by atoms with Crippen LogP contribution in [0.4, 0.5) is 0 Å². The van der Waals surface area contributed by atoms with Gasteiger partial charge in [0.15, 0.2) is 0 Å². The van der Waals surface area contributed by atoms with E-state index in [0.29, 0.717) is 22.5 Å². The number of hydrogen-bond acceptors (Lipinski definition) is 3. The molecule has 0 spiro atoms. The van der Waals surface area contributed by atoms with E-state index >= 15 is 0 Å². The fourth-order valence-electron chi connectivity index (χ4n) is 2.63. The van der Waals surface area contributed by atoms with Crippen LogP contribution in [0.5, 0.6) is 0 Å². The Labute approximate surface area is 143 Å². The molecule has 1 heterocycles. The molecule has 0 aliphatic carbocycles. The van der Waals surface area contributed by atoms with E-state index in [1.807, 2.05) is 19.9 Å². The molecule has 1 aromatic rings. The highest BCUT2D eigenvalue weighted by Crippen LogP contribution is 2.34. The number of nitrogens with two attached hydrogens (primary N) is 1. The Kier molecular flexibility index (Phi) is 5.52. The Morgan fingerprint density at radius 3 is 2.57 bits per heavy atom. The summed E-state index contributed by atoms with van der Waals surface area (Å²) in [5.41, 5.74) is 6.72. The average molecular weight is 440 g/mol. The lowest BCUT2D eigenvalue weighted by molar-refractivity contribution is 0.211. The Morgan fingerprint density at radius 2 is 1.95 bits per heavy atom. The summed E-state index contributed by atoms with van der Waals surface area (Å²) < 4.78 is 28.9.